The van der Waals surface area contributed by atoms with Crippen molar-refractivity contribution < 1.29 is 4.79 Å². The maximum atomic E-state index is 12.7. The fourth-order valence-electron chi connectivity index (χ4n) is 2.78. The van der Waals surface area contributed by atoms with Crippen molar-refractivity contribution in [2.24, 2.45) is 5.92 Å². The molecule has 0 radical (unpaired) electrons. The Labute approximate surface area is 147 Å². The molecular formula is C20H19ClN2O. The Hall–Kier alpha value is -2.39. The molecule has 1 heterocycles. The summed E-state index contributed by atoms with van der Waals surface area (Å²) in [6.07, 6.45) is 9.20. The third kappa shape index (κ3) is 3.41. The second-order valence-electron chi connectivity index (χ2n) is 6.13. The number of rotatable bonds is 4. The van der Waals surface area contributed by atoms with Gasteiger partial charge >= 0.3 is 0 Å². The number of aromatic nitrogens is 1. The molecule has 2 aromatic rings. The molecule has 0 aliphatic heterocycles. The summed E-state index contributed by atoms with van der Waals surface area (Å²) in [5.74, 6) is -0.376. The number of allylic oxidation sites excluding steroid dienone is 3. The van der Waals surface area contributed by atoms with E-state index in [1.165, 1.54) is 0 Å². The summed E-state index contributed by atoms with van der Waals surface area (Å²) in [4.78, 5) is 16.1. The number of pyridine rings is 1. The number of benzene rings is 1. The fraction of sp³-hybridized carbons (Fsp3) is 0.200. The van der Waals surface area contributed by atoms with Gasteiger partial charge in [0.15, 0.2) is 5.78 Å². The summed E-state index contributed by atoms with van der Waals surface area (Å²) in [6.45, 7) is 3.88. The lowest BCUT2D eigenvalue weighted by atomic mass is 9.82. The zero-order valence-electron chi connectivity index (χ0n) is 13.7. The number of carbonyl (C=O) groups is 1. The van der Waals surface area contributed by atoms with E-state index in [1.54, 1.807) is 12.4 Å². The monoisotopic (exact) mass is 338 g/mol. The van der Waals surface area contributed by atoms with E-state index in [4.69, 9.17) is 11.6 Å². The second kappa shape index (κ2) is 6.62. The normalized spacial score (nSPS) is 22.8. The van der Waals surface area contributed by atoms with Gasteiger partial charge in [0.25, 0.3) is 0 Å². The molecule has 0 fully saturated rings. The maximum absolute atomic E-state index is 12.7. The first-order valence-corrected chi connectivity index (χ1v) is 8.22. The molecule has 122 valence electrons. The van der Waals surface area contributed by atoms with E-state index in [0.717, 1.165) is 16.9 Å². The molecule has 1 aliphatic carbocycles. The van der Waals surface area contributed by atoms with Crippen molar-refractivity contribution in [2.45, 2.75) is 18.7 Å². The van der Waals surface area contributed by atoms with Crippen LogP contribution in [0.5, 0.6) is 0 Å². The molecule has 3 rings (SSSR count). The molecule has 3 nitrogen and oxygen atoms in total. The number of carbonyl (C=O) groups excluding carboxylic acids is 1. The highest BCUT2D eigenvalue weighted by atomic mass is 35.5. The Bertz CT molecular complexity index is 809. The molecule has 0 bridgehead atoms. The predicted molar refractivity (Wildman–Crippen MR) is 98.3 cm³/mol. The number of hydrogen-bond acceptors (Lipinski definition) is 3. The predicted octanol–water partition coefficient (Wildman–Crippen LogP) is 4.75. The summed E-state index contributed by atoms with van der Waals surface area (Å²) >= 11 is 6.68. The van der Waals surface area contributed by atoms with E-state index in [0.29, 0.717) is 5.56 Å². The van der Waals surface area contributed by atoms with Gasteiger partial charge < -0.3 is 5.32 Å². The summed E-state index contributed by atoms with van der Waals surface area (Å²) in [6, 6.07) is 11.2. The van der Waals surface area contributed by atoms with Crippen molar-refractivity contribution in [3.8, 4) is 0 Å². The SMILES string of the molecule is Cc1ccncc1NC1=CC(C)(Cl)C(C(=O)c2ccccc2)C=C1. The minimum atomic E-state index is -0.792. The molecule has 0 saturated heterocycles. The van der Waals surface area contributed by atoms with Gasteiger partial charge in [-0.3, -0.25) is 9.78 Å². The highest BCUT2D eigenvalue weighted by Crippen LogP contribution is 2.35. The second-order valence-corrected chi connectivity index (χ2v) is 6.95. The number of aryl methyl sites for hydroxylation is 1. The van der Waals surface area contributed by atoms with E-state index >= 15 is 0 Å². The smallest absolute Gasteiger partial charge is 0.171 e. The van der Waals surface area contributed by atoms with Crippen molar-refractivity contribution in [1.82, 2.24) is 4.98 Å². The van der Waals surface area contributed by atoms with Gasteiger partial charge in [0.05, 0.1) is 22.7 Å². The van der Waals surface area contributed by atoms with Gasteiger partial charge in [-0.05, 0) is 37.6 Å². The number of hydrogen-bond donors (Lipinski definition) is 1. The molecule has 24 heavy (non-hydrogen) atoms. The number of anilines is 1. The third-order valence-electron chi connectivity index (χ3n) is 4.17. The number of halogens is 1. The molecule has 2 atom stereocenters. The van der Waals surface area contributed by atoms with Gasteiger partial charge in [-0.15, -0.1) is 11.6 Å². The van der Waals surface area contributed by atoms with E-state index in [9.17, 15) is 4.79 Å². The van der Waals surface area contributed by atoms with Crippen LogP contribution in [0.25, 0.3) is 0 Å². The zero-order valence-corrected chi connectivity index (χ0v) is 14.4. The lowest BCUT2D eigenvalue weighted by Gasteiger charge is -2.30. The Kier molecular flexibility index (Phi) is 4.54. The number of nitrogens with zero attached hydrogens (tertiary/aromatic N) is 1. The highest BCUT2D eigenvalue weighted by molar-refractivity contribution is 6.28. The van der Waals surface area contributed by atoms with Crippen molar-refractivity contribution in [3.63, 3.8) is 0 Å². The van der Waals surface area contributed by atoms with Crippen LogP contribution in [0.4, 0.5) is 5.69 Å². The number of nitrogens with one attached hydrogen (secondary N) is 1. The molecule has 2 unspecified atom stereocenters. The minimum Gasteiger partial charge on any atom is -0.354 e. The van der Waals surface area contributed by atoms with Gasteiger partial charge in [-0.25, -0.2) is 0 Å². The molecule has 1 N–H and O–H groups in total. The molecule has 1 aromatic heterocycles. The average Bonchev–Trinajstić information content (AvgIpc) is 2.56. The Morgan fingerprint density at radius 3 is 2.67 bits per heavy atom. The van der Waals surface area contributed by atoms with Crippen LogP contribution in [0.3, 0.4) is 0 Å². The standard InChI is InChI=1S/C20H19ClN2O/c1-14-10-11-22-13-18(14)23-16-8-9-17(20(2,21)12-16)19(24)15-6-4-3-5-7-15/h3-13,17,23H,1-2H3. The largest absolute Gasteiger partial charge is 0.354 e. The number of alkyl halides is 1. The summed E-state index contributed by atoms with van der Waals surface area (Å²) in [5, 5.41) is 3.32. The van der Waals surface area contributed by atoms with Gasteiger partial charge in [-0.2, -0.15) is 0 Å². The molecule has 0 amide bonds. The Morgan fingerprint density at radius 1 is 1.25 bits per heavy atom. The summed E-state index contributed by atoms with van der Waals surface area (Å²) in [5.41, 5.74) is 3.56. The lowest BCUT2D eigenvalue weighted by molar-refractivity contribution is 0.0932. The average molecular weight is 339 g/mol. The van der Waals surface area contributed by atoms with Crippen LogP contribution in [-0.2, 0) is 0 Å². The van der Waals surface area contributed by atoms with E-state index in [1.807, 2.05) is 68.5 Å². The highest BCUT2D eigenvalue weighted by Gasteiger charge is 2.36. The van der Waals surface area contributed by atoms with Gasteiger partial charge in [0, 0.05) is 17.5 Å². The van der Waals surface area contributed by atoms with Gasteiger partial charge in [0.2, 0.25) is 0 Å². The molecule has 1 aromatic carbocycles. The fourth-order valence-corrected chi connectivity index (χ4v) is 3.07. The van der Waals surface area contributed by atoms with Crippen molar-refractivity contribution in [2.75, 3.05) is 5.32 Å². The quantitative estimate of drug-likeness (QED) is 0.646. The van der Waals surface area contributed by atoms with Crippen molar-refractivity contribution in [1.29, 1.82) is 0 Å². The van der Waals surface area contributed by atoms with Gasteiger partial charge in [-0.1, -0.05) is 36.4 Å². The van der Waals surface area contributed by atoms with E-state index in [-0.39, 0.29) is 5.78 Å². The summed E-state index contributed by atoms with van der Waals surface area (Å²) in [7, 11) is 0. The van der Waals surface area contributed by atoms with E-state index < -0.39 is 10.8 Å². The maximum Gasteiger partial charge on any atom is 0.171 e. The first-order chi connectivity index (χ1) is 11.5. The molecule has 1 aliphatic rings. The first kappa shape index (κ1) is 16.5. The van der Waals surface area contributed by atoms with Crippen LogP contribution in [0, 0.1) is 12.8 Å². The zero-order chi connectivity index (χ0) is 17.2. The topological polar surface area (TPSA) is 42.0 Å². The van der Waals surface area contributed by atoms with Crippen LogP contribution in [0.2, 0.25) is 0 Å². The van der Waals surface area contributed by atoms with E-state index in [2.05, 4.69) is 10.3 Å². The molecule has 4 heteroatoms. The van der Waals surface area contributed by atoms with Crippen molar-refractivity contribution in [3.05, 3.63) is 83.8 Å². The van der Waals surface area contributed by atoms with Crippen LogP contribution in [0.15, 0.2) is 72.7 Å². The Balaban J connectivity index is 1.82. The minimum absolute atomic E-state index is 0.0252. The van der Waals surface area contributed by atoms with Crippen LogP contribution < -0.4 is 5.32 Å². The summed E-state index contributed by atoms with van der Waals surface area (Å²) < 4.78 is 0. The Morgan fingerprint density at radius 2 is 2.00 bits per heavy atom. The van der Waals surface area contributed by atoms with Crippen LogP contribution in [-0.4, -0.2) is 15.6 Å². The lowest BCUT2D eigenvalue weighted by Crippen LogP contribution is -2.34. The number of ketones is 1. The molecular weight excluding hydrogens is 320 g/mol. The first-order valence-electron chi connectivity index (χ1n) is 7.84. The van der Waals surface area contributed by atoms with Crippen LogP contribution >= 0.6 is 11.6 Å². The third-order valence-corrected chi connectivity index (χ3v) is 4.52. The molecule has 0 spiro atoms. The van der Waals surface area contributed by atoms with Gasteiger partial charge in [0.1, 0.15) is 0 Å². The molecule has 0 saturated carbocycles. The number of Topliss-reactive ketones (excluding diaryl/α,β-unsaturated/α-hetero) is 1. The van der Waals surface area contributed by atoms with Crippen molar-refractivity contribution >= 4 is 23.1 Å². The van der Waals surface area contributed by atoms with Crippen LogP contribution in [0.1, 0.15) is 22.8 Å².